The molecule has 0 radical (unpaired) electrons. The summed E-state index contributed by atoms with van der Waals surface area (Å²) in [5, 5.41) is 0. The first-order valence-corrected chi connectivity index (χ1v) is 6.37. The molecule has 1 aliphatic rings. The van der Waals surface area contributed by atoms with Crippen molar-refractivity contribution in [3.05, 3.63) is 29.3 Å². The maximum absolute atomic E-state index is 13.9. The SMILES string of the molecule is CC1CC(C)N(c2c(F)cc(CCl)cc2F)C1. The van der Waals surface area contributed by atoms with Gasteiger partial charge in [0.1, 0.15) is 17.3 Å². The van der Waals surface area contributed by atoms with Gasteiger partial charge in [0, 0.05) is 18.5 Å². The Kier molecular flexibility index (Phi) is 3.57. The lowest BCUT2D eigenvalue weighted by atomic mass is 10.1. The second kappa shape index (κ2) is 4.81. The molecule has 1 fully saturated rings. The molecular weight excluding hydrogens is 244 g/mol. The minimum Gasteiger partial charge on any atom is -0.364 e. The Hall–Kier alpha value is -0.830. The highest BCUT2D eigenvalue weighted by Gasteiger charge is 2.30. The fraction of sp³-hybridized carbons (Fsp3) is 0.538. The molecular formula is C13H16ClF2N. The van der Waals surface area contributed by atoms with Crippen molar-refractivity contribution in [2.24, 2.45) is 5.92 Å². The zero-order valence-corrected chi connectivity index (χ0v) is 10.8. The number of alkyl halides is 1. The van der Waals surface area contributed by atoms with Crippen LogP contribution in [-0.4, -0.2) is 12.6 Å². The van der Waals surface area contributed by atoms with Crippen LogP contribution in [0.15, 0.2) is 12.1 Å². The fourth-order valence-electron chi connectivity index (χ4n) is 2.58. The van der Waals surface area contributed by atoms with E-state index in [0.717, 1.165) is 6.42 Å². The van der Waals surface area contributed by atoms with Crippen molar-refractivity contribution in [1.29, 1.82) is 0 Å². The fourth-order valence-corrected chi connectivity index (χ4v) is 2.74. The predicted octanol–water partition coefficient (Wildman–Crippen LogP) is 3.94. The first-order chi connectivity index (χ1) is 8.02. The van der Waals surface area contributed by atoms with Gasteiger partial charge < -0.3 is 4.90 Å². The number of halogens is 3. The molecule has 1 saturated heterocycles. The minimum atomic E-state index is -0.512. The molecule has 0 saturated carbocycles. The number of nitrogens with zero attached hydrogens (tertiary/aromatic N) is 1. The summed E-state index contributed by atoms with van der Waals surface area (Å²) in [5.74, 6) is -0.431. The van der Waals surface area contributed by atoms with Crippen LogP contribution in [0.3, 0.4) is 0 Å². The van der Waals surface area contributed by atoms with E-state index >= 15 is 0 Å². The Balaban J connectivity index is 2.39. The molecule has 0 bridgehead atoms. The Morgan fingerprint density at radius 1 is 1.29 bits per heavy atom. The first kappa shape index (κ1) is 12.6. The van der Waals surface area contributed by atoms with E-state index in [1.807, 2.05) is 11.8 Å². The molecule has 0 aliphatic carbocycles. The van der Waals surface area contributed by atoms with Crippen LogP contribution >= 0.6 is 11.6 Å². The van der Waals surface area contributed by atoms with E-state index in [0.29, 0.717) is 18.0 Å². The highest BCUT2D eigenvalue weighted by molar-refractivity contribution is 6.17. The van der Waals surface area contributed by atoms with Crippen molar-refractivity contribution in [2.45, 2.75) is 32.2 Å². The summed E-state index contributed by atoms with van der Waals surface area (Å²) in [5.41, 5.74) is 0.570. The lowest BCUT2D eigenvalue weighted by Crippen LogP contribution is -2.28. The summed E-state index contributed by atoms with van der Waals surface area (Å²) in [4.78, 5) is 1.81. The molecule has 0 amide bonds. The maximum Gasteiger partial charge on any atom is 0.149 e. The van der Waals surface area contributed by atoms with E-state index in [9.17, 15) is 8.78 Å². The van der Waals surface area contributed by atoms with Crippen LogP contribution in [0.5, 0.6) is 0 Å². The standard InChI is InChI=1S/C13H16ClF2N/c1-8-3-9(2)17(7-8)13-11(15)4-10(6-14)5-12(13)16/h4-5,8-9H,3,6-7H2,1-2H3. The van der Waals surface area contributed by atoms with Gasteiger partial charge in [0.2, 0.25) is 0 Å². The molecule has 1 heterocycles. The summed E-state index contributed by atoms with van der Waals surface area (Å²) in [6.45, 7) is 4.80. The Labute approximate surface area is 105 Å². The Morgan fingerprint density at radius 3 is 2.29 bits per heavy atom. The van der Waals surface area contributed by atoms with E-state index in [2.05, 4.69) is 6.92 Å². The van der Waals surface area contributed by atoms with Crippen LogP contribution in [0.4, 0.5) is 14.5 Å². The topological polar surface area (TPSA) is 3.24 Å². The van der Waals surface area contributed by atoms with E-state index < -0.39 is 11.6 Å². The second-order valence-electron chi connectivity index (χ2n) is 4.88. The predicted molar refractivity (Wildman–Crippen MR) is 66.5 cm³/mol. The van der Waals surface area contributed by atoms with Crippen LogP contribution in [0.25, 0.3) is 0 Å². The number of rotatable bonds is 2. The van der Waals surface area contributed by atoms with Gasteiger partial charge in [0.05, 0.1) is 0 Å². The third-order valence-electron chi connectivity index (χ3n) is 3.30. The Morgan fingerprint density at radius 2 is 1.88 bits per heavy atom. The Bertz CT molecular complexity index is 399. The average molecular weight is 260 g/mol. The zero-order chi connectivity index (χ0) is 12.6. The molecule has 0 N–H and O–H groups in total. The second-order valence-corrected chi connectivity index (χ2v) is 5.15. The molecule has 0 aromatic heterocycles. The summed E-state index contributed by atoms with van der Waals surface area (Å²) < 4.78 is 27.8. The quantitative estimate of drug-likeness (QED) is 0.727. The highest BCUT2D eigenvalue weighted by atomic mass is 35.5. The first-order valence-electron chi connectivity index (χ1n) is 5.83. The van der Waals surface area contributed by atoms with Crippen molar-refractivity contribution in [3.63, 3.8) is 0 Å². The summed E-state index contributed by atoms with van der Waals surface area (Å²) >= 11 is 5.59. The molecule has 17 heavy (non-hydrogen) atoms. The van der Waals surface area contributed by atoms with Gasteiger partial charge in [-0.3, -0.25) is 0 Å². The van der Waals surface area contributed by atoms with E-state index in [1.54, 1.807) is 0 Å². The van der Waals surface area contributed by atoms with Gasteiger partial charge in [-0.05, 0) is 37.0 Å². The van der Waals surface area contributed by atoms with Gasteiger partial charge >= 0.3 is 0 Å². The van der Waals surface area contributed by atoms with Crippen molar-refractivity contribution >= 4 is 17.3 Å². The lowest BCUT2D eigenvalue weighted by Gasteiger charge is -2.25. The summed E-state index contributed by atoms with van der Waals surface area (Å²) in [7, 11) is 0. The lowest BCUT2D eigenvalue weighted by molar-refractivity contribution is 0.565. The van der Waals surface area contributed by atoms with Crippen LogP contribution in [0, 0.1) is 17.6 Å². The van der Waals surface area contributed by atoms with Gasteiger partial charge in [-0.25, -0.2) is 8.78 Å². The zero-order valence-electron chi connectivity index (χ0n) is 10.0. The maximum atomic E-state index is 13.9. The van der Waals surface area contributed by atoms with Gasteiger partial charge in [-0.1, -0.05) is 6.92 Å². The highest BCUT2D eigenvalue weighted by Crippen LogP contribution is 2.33. The minimum absolute atomic E-state index is 0.0933. The molecule has 1 aromatic carbocycles. The number of benzene rings is 1. The van der Waals surface area contributed by atoms with Gasteiger partial charge in [0.15, 0.2) is 0 Å². The van der Waals surface area contributed by atoms with Crippen LogP contribution in [0.1, 0.15) is 25.8 Å². The third kappa shape index (κ3) is 2.39. The molecule has 4 heteroatoms. The van der Waals surface area contributed by atoms with Crippen molar-refractivity contribution in [3.8, 4) is 0 Å². The number of hydrogen-bond donors (Lipinski definition) is 0. The summed E-state index contributed by atoms with van der Waals surface area (Å²) in [6.07, 6.45) is 0.968. The van der Waals surface area contributed by atoms with Crippen molar-refractivity contribution in [2.75, 3.05) is 11.4 Å². The van der Waals surface area contributed by atoms with Crippen molar-refractivity contribution < 1.29 is 8.78 Å². The number of hydrogen-bond acceptors (Lipinski definition) is 1. The van der Waals surface area contributed by atoms with Crippen LogP contribution in [-0.2, 0) is 5.88 Å². The van der Waals surface area contributed by atoms with E-state index in [1.165, 1.54) is 12.1 Å². The molecule has 1 aliphatic heterocycles. The van der Waals surface area contributed by atoms with Crippen molar-refractivity contribution in [1.82, 2.24) is 0 Å². The van der Waals surface area contributed by atoms with Gasteiger partial charge in [-0.2, -0.15) is 0 Å². The molecule has 0 spiro atoms. The van der Waals surface area contributed by atoms with E-state index in [4.69, 9.17) is 11.6 Å². The van der Waals surface area contributed by atoms with Crippen LogP contribution in [0.2, 0.25) is 0 Å². The third-order valence-corrected chi connectivity index (χ3v) is 3.61. The monoisotopic (exact) mass is 259 g/mol. The van der Waals surface area contributed by atoms with Gasteiger partial charge in [-0.15, -0.1) is 11.6 Å². The summed E-state index contributed by atoms with van der Waals surface area (Å²) in [6, 6.07) is 2.82. The van der Waals surface area contributed by atoms with Gasteiger partial charge in [0.25, 0.3) is 0 Å². The molecule has 1 nitrogen and oxygen atoms in total. The molecule has 2 atom stereocenters. The smallest absolute Gasteiger partial charge is 0.149 e. The molecule has 1 aromatic rings. The normalized spacial score (nSPS) is 24.4. The van der Waals surface area contributed by atoms with Crippen LogP contribution < -0.4 is 4.90 Å². The molecule has 94 valence electrons. The number of anilines is 1. The largest absolute Gasteiger partial charge is 0.364 e. The van der Waals surface area contributed by atoms with E-state index in [-0.39, 0.29) is 17.6 Å². The molecule has 2 rings (SSSR count). The average Bonchev–Trinajstić information content (AvgIpc) is 2.57. The molecule has 2 unspecified atom stereocenters.